The highest BCUT2D eigenvalue weighted by molar-refractivity contribution is 4.85. The number of rotatable bonds is 6. The van der Waals surface area contributed by atoms with E-state index in [0.717, 1.165) is 32.8 Å². The first-order valence-corrected chi connectivity index (χ1v) is 6.26. The predicted molar refractivity (Wildman–Crippen MR) is 63.9 cm³/mol. The van der Waals surface area contributed by atoms with Gasteiger partial charge in [-0.15, -0.1) is 0 Å². The van der Waals surface area contributed by atoms with Crippen LogP contribution >= 0.6 is 0 Å². The summed E-state index contributed by atoms with van der Waals surface area (Å²) in [7, 11) is 0. The molecule has 1 aliphatic rings. The fourth-order valence-electron chi connectivity index (χ4n) is 2.40. The van der Waals surface area contributed by atoms with Crippen molar-refractivity contribution in [3.05, 3.63) is 0 Å². The molecule has 0 spiro atoms. The van der Waals surface area contributed by atoms with E-state index < -0.39 is 0 Å². The van der Waals surface area contributed by atoms with Crippen LogP contribution in [0.4, 0.5) is 0 Å². The molecular formula is C12H26N2O. The number of hydrogen-bond acceptors (Lipinski definition) is 3. The van der Waals surface area contributed by atoms with Crippen LogP contribution in [-0.4, -0.2) is 44.3 Å². The van der Waals surface area contributed by atoms with Gasteiger partial charge in [0.25, 0.3) is 0 Å². The van der Waals surface area contributed by atoms with Crippen molar-refractivity contribution >= 4 is 0 Å². The summed E-state index contributed by atoms with van der Waals surface area (Å²) in [5.41, 5.74) is 6.16. The minimum atomic E-state index is 0.226. The molecule has 1 aliphatic heterocycles. The summed E-state index contributed by atoms with van der Waals surface area (Å²) in [4.78, 5) is 2.50. The molecule has 1 fully saturated rings. The van der Waals surface area contributed by atoms with Gasteiger partial charge in [0.1, 0.15) is 0 Å². The van der Waals surface area contributed by atoms with Gasteiger partial charge in [-0.2, -0.15) is 0 Å². The predicted octanol–water partition coefficient (Wildman–Crippen LogP) is 1.47. The molecule has 0 radical (unpaired) electrons. The summed E-state index contributed by atoms with van der Waals surface area (Å²) in [5, 5.41) is 0. The van der Waals surface area contributed by atoms with Crippen molar-refractivity contribution in [2.45, 2.75) is 33.1 Å². The summed E-state index contributed by atoms with van der Waals surface area (Å²) < 4.78 is 5.59. The van der Waals surface area contributed by atoms with Crippen molar-refractivity contribution in [2.75, 3.05) is 39.4 Å². The van der Waals surface area contributed by atoms with Gasteiger partial charge in [0.15, 0.2) is 0 Å². The SMILES string of the molecule is CCCN(CC)CC1(CN)CCCOC1. The van der Waals surface area contributed by atoms with Crippen LogP contribution < -0.4 is 5.73 Å². The minimum absolute atomic E-state index is 0.226. The molecule has 0 bridgehead atoms. The Balaban J connectivity index is 2.49. The van der Waals surface area contributed by atoms with Crippen molar-refractivity contribution in [1.82, 2.24) is 4.90 Å². The maximum absolute atomic E-state index is 5.93. The average molecular weight is 214 g/mol. The zero-order valence-corrected chi connectivity index (χ0v) is 10.3. The largest absolute Gasteiger partial charge is 0.381 e. The maximum atomic E-state index is 5.93. The second-order valence-electron chi connectivity index (χ2n) is 4.73. The van der Waals surface area contributed by atoms with Gasteiger partial charge in [-0.05, 0) is 32.4 Å². The van der Waals surface area contributed by atoms with Gasteiger partial charge in [-0.1, -0.05) is 13.8 Å². The van der Waals surface area contributed by atoms with Crippen molar-refractivity contribution in [3.63, 3.8) is 0 Å². The molecule has 3 heteroatoms. The highest BCUT2D eigenvalue weighted by atomic mass is 16.5. The number of ether oxygens (including phenoxy) is 1. The van der Waals surface area contributed by atoms with Gasteiger partial charge >= 0.3 is 0 Å². The molecule has 0 aromatic carbocycles. The lowest BCUT2D eigenvalue weighted by Crippen LogP contribution is -2.47. The third kappa shape index (κ3) is 3.74. The molecule has 1 rings (SSSR count). The van der Waals surface area contributed by atoms with Crippen molar-refractivity contribution in [3.8, 4) is 0 Å². The summed E-state index contributed by atoms with van der Waals surface area (Å²) in [6, 6.07) is 0. The Bertz CT molecular complexity index is 167. The number of nitrogens with two attached hydrogens (primary N) is 1. The Labute approximate surface area is 94.0 Å². The fraction of sp³-hybridized carbons (Fsp3) is 1.00. The van der Waals surface area contributed by atoms with E-state index in [2.05, 4.69) is 18.7 Å². The zero-order chi connectivity index (χ0) is 11.1. The smallest absolute Gasteiger partial charge is 0.0546 e. The lowest BCUT2D eigenvalue weighted by Gasteiger charge is -2.39. The molecule has 0 aromatic rings. The summed E-state index contributed by atoms with van der Waals surface area (Å²) >= 11 is 0. The monoisotopic (exact) mass is 214 g/mol. The number of nitrogens with zero attached hydrogens (tertiary/aromatic N) is 1. The van der Waals surface area contributed by atoms with E-state index >= 15 is 0 Å². The van der Waals surface area contributed by atoms with Gasteiger partial charge in [-0.3, -0.25) is 0 Å². The zero-order valence-electron chi connectivity index (χ0n) is 10.3. The molecule has 1 atom stereocenters. The third-order valence-electron chi connectivity index (χ3n) is 3.38. The van der Waals surface area contributed by atoms with Gasteiger partial charge < -0.3 is 15.4 Å². The number of hydrogen-bond donors (Lipinski definition) is 1. The van der Waals surface area contributed by atoms with Crippen LogP contribution in [0.3, 0.4) is 0 Å². The molecule has 1 unspecified atom stereocenters. The second-order valence-corrected chi connectivity index (χ2v) is 4.73. The first-order chi connectivity index (χ1) is 7.26. The van der Waals surface area contributed by atoms with E-state index in [1.54, 1.807) is 0 Å². The van der Waals surface area contributed by atoms with Crippen LogP contribution in [-0.2, 0) is 4.74 Å². The first-order valence-electron chi connectivity index (χ1n) is 6.26. The van der Waals surface area contributed by atoms with E-state index in [1.165, 1.54) is 25.8 Å². The lowest BCUT2D eigenvalue weighted by molar-refractivity contribution is -0.0211. The maximum Gasteiger partial charge on any atom is 0.0546 e. The fourth-order valence-corrected chi connectivity index (χ4v) is 2.40. The Morgan fingerprint density at radius 2 is 2.20 bits per heavy atom. The van der Waals surface area contributed by atoms with Crippen LogP contribution in [0.2, 0.25) is 0 Å². The second kappa shape index (κ2) is 6.46. The highest BCUT2D eigenvalue weighted by Gasteiger charge is 2.32. The first kappa shape index (κ1) is 12.9. The molecule has 15 heavy (non-hydrogen) atoms. The van der Waals surface area contributed by atoms with Crippen LogP contribution in [0.15, 0.2) is 0 Å². The van der Waals surface area contributed by atoms with Gasteiger partial charge in [0, 0.05) is 25.1 Å². The van der Waals surface area contributed by atoms with Crippen LogP contribution in [0.5, 0.6) is 0 Å². The topological polar surface area (TPSA) is 38.5 Å². The lowest BCUT2D eigenvalue weighted by atomic mass is 9.82. The molecule has 2 N–H and O–H groups in total. The summed E-state index contributed by atoms with van der Waals surface area (Å²) in [5.74, 6) is 0. The molecule has 0 aromatic heterocycles. The molecular weight excluding hydrogens is 188 g/mol. The van der Waals surface area contributed by atoms with Gasteiger partial charge in [0.2, 0.25) is 0 Å². The van der Waals surface area contributed by atoms with Crippen LogP contribution in [0.1, 0.15) is 33.1 Å². The van der Waals surface area contributed by atoms with E-state index in [4.69, 9.17) is 10.5 Å². The average Bonchev–Trinajstić information content (AvgIpc) is 2.30. The quantitative estimate of drug-likeness (QED) is 0.728. The molecule has 0 aliphatic carbocycles. The van der Waals surface area contributed by atoms with Gasteiger partial charge in [-0.25, -0.2) is 0 Å². The van der Waals surface area contributed by atoms with Crippen molar-refractivity contribution < 1.29 is 4.74 Å². The van der Waals surface area contributed by atoms with Crippen molar-refractivity contribution in [1.29, 1.82) is 0 Å². The minimum Gasteiger partial charge on any atom is -0.381 e. The normalized spacial score (nSPS) is 27.2. The molecule has 0 saturated carbocycles. The standard InChI is InChI=1S/C12H26N2O/c1-3-7-14(4-2)10-12(9-13)6-5-8-15-11-12/h3-11,13H2,1-2H3. The van der Waals surface area contributed by atoms with E-state index in [9.17, 15) is 0 Å². The Morgan fingerprint density at radius 1 is 1.40 bits per heavy atom. The summed E-state index contributed by atoms with van der Waals surface area (Å²) in [6.45, 7) is 10.4. The van der Waals surface area contributed by atoms with Gasteiger partial charge in [0.05, 0.1) is 6.61 Å². The Hall–Kier alpha value is -0.120. The summed E-state index contributed by atoms with van der Waals surface area (Å²) in [6.07, 6.45) is 3.61. The van der Waals surface area contributed by atoms with E-state index in [1.807, 2.05) is 0 Å². The van der Waals surface area contributed by atoms with E-state index in [-0.39, 0.29) is 5.41 Å². The molecule has 3 nitrogen and oxygen atoms in total. The molecule has 1 saturated heterocycles. The van der Waals surface area contributed by atoms with E-state index in [0.29, 0.717) is 0 Å². The molecule has 1 heterocycles. The molecule has 90 valence electrons. The van der Waals surface area contributed by atoms with Crippen LogP contribution in [0, 0.1) is 5.41 Å². The van der Waals surface area contributed by atoms with Crippen molar-refractivity contribution in [2.24, 2.45) is 11.1 Å². The highest BCUT2D eigenvalue weighted by Crippen LogP contribution is 2.28. The van der Waals surface area contributed by atoms with Crippen LogP contribution in [0.25, 0.3) is 0 Å². The third-order valence-corrected chi connectivity index (χ3v) is 3.38. The Morgan fingerprint density at radius 3 is 2.67 bits per heavy atom. The Kier molecular flexibility index (Phi) is 5.58. The molecule has 0 amide bonds.